The summed E-state index contributed by atoms with van der Waals surface area (Å²) < 4.78 is 11.8. The number of hydrogen-bond acceptors (Lipinski definition) is 4. The van der Waals surface area contributed by atoms with Gasteiger partial charge in [0.25, 0.3) is 0 Å². The molecule has 2 rings (SSSR count). The summed E-state index contributed by atoms with van der Waals surface area (Å²) in [5.41, 5.74) is 6.25. The van der Waals surface area contributed by atoms with Crippen LogP contribution >= 0.6 is 0 Å². The molecule has 0 unspecified atom stereocenters. The van der Waals surface area contributed by atoms with Gasteiger partial charge in [-0.25, -0.2) is 0 Å². The Morgan fingerprint density at radius 3 is 2.17 bits per heavy atom. The fraction of sp³-hybridized carbons (Fsp3) is 0.538. The summed E-state index contributed by atoms with van der Waals surface area (Å²) in [6, 6.07) is 5.33. The van der Waals surface area contributed by atoms with Crippen LogP contribution in [0.4, 0.5) is 0 Å². The van der Waals surface area contributed by atoms with Gasteiger partial charge >= 0.3 is 7.12 Å². The zero-order valence-corrected chi connectivity index (χ0v) is 11.4. The quantitative estimate of drug-likeness (QED) is 0.771. The molecule has 3 N–H and O–H groups in total. The van der Waals surface area contributed by atoms with Gasteiger partial charge in [-0.05, 0) is 39.3 Å². The predicted octanol–water partition coefficient (Wildman–Crippen LogP) is 1.15. The Morgan fingerprint density at radius 2 is 1.72 bits per heavy atom. The Hall–Kier alpha value is -1.04. The second-order valence-corrected chi connectivity index (χ2v) is 5.69. The highest BCUT2D eigenvalue weighted by Crippen LogP contribution is 2.37. The third-order valence-electron chi connectivity index (χ3n) is 3.84. The van der Waals surface area contributed by atoms with Gasteiger partial charge < -0.3 is 20.1 Å². The number of aromatic hydroxyl groups is 1. The van der Waals surface area contributed by atoms with E-state index in [0.717, 1.165) is 5.56 Å². The summed E-state index contributed by atoms with van der Waals surface area (Å²) in [6.07, 6.45) is 0. The van der Waals surface area contributed by atoms with Crippen LogP contribution in [0.3, 0.4) is 0 Å². The molecule has 1 aromatic carbocycles. The van der Waals surface area contributed by atoms with E-state index in [4.69, 9.17) is 15.0 Å². The zero-order valence-electron chi connectivity index (χ0n) is 11.4. The maximum atomic E-state index is 10.0. The monoisotopic (exact) mass is 249 g/mol. The molecule has 1 aliphatic heterocycles. The van der Waals surface area contributed by atoms with Gasteiger partial charge in [-0.1, -0.05) is 12.1 Å². The van der Waals surface area contributed by atoms with Crippen LogP contribution in [-0.2, 0) is 15.9 Å². The minimum Gasteiger partial charge on any atom is -0.508 e. The molecule has 0 atom stereocenters. The molecule has 0 amide bonds. The molecule has 0 saturated carbocycles. The summed E-state index contributed by atoms with van der Waals surface area (Å²) in [7, 11) is -0.540. The molecule has 0 aliphatic carbocycles. The zero-order chi connectivity index (χ0) is 13.6. The van der Waals surface area contributed by atoms with Gasteiger partial charge in [-0.2, -0.15) is 0 Å². The molecular formula is C13H20BNO3. The van der Waals surface area contributed by atoms with E-state index in [2.05, 4.69) is 0 Å². The number of phenols is 1. The van der Waals surface area contributed by atoms with Gasteiger partial charge in [-0.3, -0.25) is 0 Å². The number of nitrogens with two attached hydrogens (primary N) is 1. The van der Waals surface area contributed by atoms with Gasteiger partial charge in [-0.15, -0.1) is 0 Å². The number of rotatable bonds is 2. The fourth-order valence-corrected chi connectivity index (χ4v) is 1.89. The molecule has 1 heterocycles. The third-order valence-corrected chi connectivity index (χ3v) is 3.84. The maximum absolute atomic E-state index is 10.0. The molecule has 18 heavy (non-hydrogen) atoms. The summed E-state index contributed by atoms with van der Waals surface area (Å²) in [6.45, 7) is 8.34. The number of phenolic OH excluding ortho intramolecular Hbond substituents is 1. The second-order valence-electron chi connectivity index (χ2n) is 5.69. The average Bonchev–Trinajstić information content (AvgIpc) is 2.47. The van der Waals surface area contributed by atoms with Crippen molar-refractivity contribution in [2.75, 3.05) is 0 Å². The van der Waals surface area contributed by atoms with Crippen molar-refractivity contribution in [3.05, 3.63) is 23.8 Å². The average molecular weight is 249 g/mol. The lowest BCUT2D eigenvalue weighted by Gasteiger charge is -2.32. The summed E-state index contributed by atoms with van der Waals surface area (Å²) in [4.78, 5) is 0. The Kier molecular flexibility index (Phi) is 3.17. The van der Waals surface area contributed by atoms with Crippen LogP contribution < -0.4 is 11.2 Å². The second kappa shape index (κ2) is 4.26. The van der Waals surface area contributed by atoms with E-state index < -0.39 is 18.3 Å². The highest BCUT2D eigenvalue weighted by molar-refractivity contribution is 6.63. The fourth-order valence-electron chi connectivity index (χ4n) is 1.89. The van der Waals surface area contributed by atoms with E-state index in [0.29, 0.717) is 12.0 Å². The molecule has 0 bridgehead atoms. The first kappa shape index (κ1) is 13.4. The van der Waals surface area contributed by atoms with Gasteiger partial charge in [0.1, 0.15) is 5.75 Å². The lowest BCUT2D eigenvalue weighted by molar-refractivity contribution is 0.00578. The lowest BCUT2D eigenvalue weighted by atomic mass is 9.78. The Morgan fingerprint density at radius 1 is 1.17 bits per heavy atom. The first-order valence-corrected chi connectivity index (χ1v) is 6.14. The van der Waals surface area contributed by atoms with E-state index in [-0.39, 0.29) is 5.75 Å². The first-order valence-electron chi connectivity index (χ1n) is 6.14. The van der Waals surface area contributed by atoms with Crippen LogP contribution in [-0.4, -0.2) is 23.4 Å². The van der Waals surface area contributed by atoms with Crippen molar-refractivity contribution in [3.63, 3.8) is 0 Å². The van der Waals surface area contributed by atoms with Crippen LogP contribution in [0.2, 0.25) is 0 Å². The van der Waals surface area contributed by atoms with E-state index in [9.17, 15) is 5.11 Å². The van der Waals surface area contributed by atoms with Gasteiger partial charge in [0.05, 0.1) is 11.2 Å². The highest BCUT2D eigenvalue weighted by Gasteiger charge is 2.52. The van der Waals surface area contributed by atoms with E-state index >= 15 is 0 Å². The minimum absolute atomic E-state index is 0.163. The number of hydrogen-bond donors (Lipinski definition) is 2. The van der Waals surface area contributed by atoms with Crippen molar-refractivity contribution in [2.45, 2.75) is 45.4 Å². The molecule has 1 aliphatic rings. The smallest absolute Gasteiger partial charge is 0.498 e. The van der Waals surface area contributed by atoms with Crippen LogP contribution in [0.5, 0.6) is 5.75 Å². The van der Waals surface area contributed by atoms with Crippen LogP contribution in [0.25, 0.3) is 0 Å². The normalized spacial score (nSPS) is 21.3. The molecule has 98 valence electrons. The highest BCUT2D eigenvalue weighted by atomic mass is 16.7. The van der Waals surface area contributed by atoms with E-state index in [1.54, 1.807) is 12.1 Å². The molecule has 1 saturated heterocycles. The molecule has 0 aromatic heterocycles. The first-order chi connectivity index (χ1) is 8.27. The van der Waals surface area contributed by atoms with Crippen LogP contribution in [0, 0.1) is 0 Å². The lowest BCUT2D eigenvalue weighted by Crippen LogP contribution is -2.41. The standard InChI is InChI=1S/C13H20BNO3/c1-12(2)13(3,4)18-14(17-12)10-6-5-9(8-15)7-11(10)16/h5-7,16H,8,15H2,1-4H3. The third kappa shape index (κ3) is 2.14. The molecular weight excluding hydrogens is 229 g/mol. The predicted molar refractivity (Wildman–Crippen MR) is 71.7 cm³/mol. The Balaban J connectivity index is 2.30. The Labute approximate surface area is 108 Å². The van der Waals surface area contributed by atoms with Gasteiger partial charge in [0, 0.05) is 12.0 Å². The van der Waals surface area contributed by atoms with Crippen molar-refractivity contribution in [2.24, 2.45) is 5.73 Å². The maximum Gasteiger partial charge on any atom is 0.498 e. The van der Waals surface area contributed by atoms with Gasteiger partial charge in [0.2, 0.25) is 0 Å². The summed E-state index contributed by atoms with van der Waals surface area (Å²) in [5.74, 6) is 0.163. The van der Waals surface area contributed by atoms with E-state index in [1.807, 2.05) is 33.8 Å². The van der Waals surface area contributed by atoms with Crippen LogP contribution in [0.15, 0.2) is 18.2 Å². The van der Waals surface area contributed by atoms with Gasteiger partial charge in [0.15, 0.2) is 0 Å². The van der Waals surface area contributed by atoms with Crippen molar-refractivity contribution >= 4 is 12.6 Å². The van der Waals surface area contributed by atoms with Crippen molar-refractivity contribution in [1.82, 2.24) is 0 Å². The molecule has 1 fully saturated rings. The molecule has 0 radical (unpaired) electrons. The summed E-state index contributed by atoms with van der Waals surface area (Å²) >= 11 is 0. The topological polar surface area (TPSA) is 64.7 Å². The molecule has 4 nitrogen and oxygen atoms in total. The van der Waals surface area contributed by atoms with Crippen molar-refractivity contribution < 1.29 is 14.4 Å². The largest absolute Gasteiger partial charge is 0.508 e. The minimum atomic E-state index is -0.540. The van der Waals surface area contributed by atoms with Crippen molar-refractivity contribution in [3.8, 4) is 5.75 Å². The molecule has 5 heteroatoms. The van der Waals surface area contributed by atoms with E-state index in [1.165, 1.54) is 0 Å². The van der Waals surface area contributed by atoms with Crippen LogP contribution in [0.1, 0.15) is 33.3 Å². The van der Waals surface area contributed by atoms with Crippen molar-refractivity contribution in [1.29, 1.82) is 0 Å². The summed E-state index contributed by atoms with van der Waals surface area (Å²) in [5, 5.41) is 10.0. The molecule has 1 aromatic rings. The Bertz CT molecular complexity index is 444. The SMILES string of the molecule is CC1(C)OB(c2ccc(CN)cc2O)OC1(C)C. The number of benzene rings is 1. The molecule has 0 spiro atoms.